The number of carbonyl (C=O) groups excluding carboxylic acids is 1. The van der Waals surface area contributed by atoms with Gasteiger partial charge in [0.05, 0.1) is 24.6 Å². The second kappa shape index (κ2) is 9.99. The molecule has 0 saturated carbocycles. The van der Waals surface area contributed by atoms with Crippen LogP contribution < -0.4 is 19.9 Å². The number of anilines is 1. The quantitative estimate of drug-likeness (QED) is 0.341. The predicted molar refractivity (Wildman–Crippen MR) is 134 cm³/mol. The van der Waals surface area contributed by atoms with E-state index in [1.807, 2.05) is 42.5 Å². The smallest absolute Gasteiger partial charge is 0.347 e. The molecule has 0 bridgehead atoms. The molecule has 0 spiro atoms. The van der Waals surface area contributed by atoms with E-state index >= 15 is 0 Å². The largest absolute Gasteiger partial charge is 0.496 e. The van der Waals surface area contributed by atoms with Gasteiger partial charge in [-0.25, -0.2) is 9.78 Å². The summed E-state index contributed by atoms with van der Waals surface area (Å²) in [6.07, 6.45) is 0. The first-order valence-corrected chi connectivity index (χ1v) is 11.5. The highest BCUT2D eigenvalue weighted by atomic mass is 16.5. The number of hydrogen-bond acceptors (Lipinski definition) is 7. The molecule has 0 atom stereocenters. The van der Waals surface area contributed by atoms with Crippen molar-refractivity contribution < 1.29 is 14.3 Å². The Hall–Kier alpha value is -4.17. The Morgan fingerprint density at radius 1 is 0.971 bits per heavy atom. The maximum atomic E-state index is 12.7. The van der Waals surface area contributed by atoms with Gasteiger partial charge in [-0.05, 0) is 36.4 Å². The van der Waals surface area contributed by atoms with Crippen LogP contribution in [-0.2, 0) is 6.54 Å². The molecule has 5 rings (SSSR count). The summed E-state index contributed by atoms with van der Waals surface area (Å²) in [6.45, 7) is 3.84. The zero-order valence-electron chi connectivity index (χ0n) is 19.4. The number of rotatable bonds is 6. The van der Waals surface area contributed by atoms with Crippen molar-refractivity contribution in [3.63, 3.8) is 0 Å². The van der Waals surface area contributed by atoms with Crippen LogP contribution >= 0.6 is 0 Å². The fourth-order valence-electron chi connectivity index (χ4n) is 4.30. The molecule has 4 aromatic rings. The molecule has 8 heteroatoms. The number of aromatic nitrogens is 2. The third-order valence-electron chi connectivity index (χ3n) is 6.13. The number of para-hydroxylation sites is 2. The van der Waals surface area contributed by atoms with Gasteiger partial charge < -0.3 is 19.4 Å². The summed E-state index contributed by atoms with van der Waals surface area (Å²) in [5.74, 6) is 1.18. The van der Waals surface area contributed by atoms with Gasteiger partial charge in [0.1, 0.15) is 22.9 Å². The van der Waals surface area contributed by atoms with E-state index in [-0.39, 0.29) is 5.56 Å². The Balaban J connectivity index is 1.22. The van der Waals surface area contributed by atoms with Crippen molar-refractivity contribution in [3.05, 3.63) is 94.5 Å². The summed E-state index contributed by atoms with van der Waals surface area (Å²) in [5.41, 5.74) is 1.98. The van der Waals surface area contributed by atoms with Gasteiger partial charge in [0.2, 0.25) is 0 Å². The van der Waals surface area contributed by atoms with Crippen molar-refractivity contribution in [2.75, 3.05) is 38.2 Å². The number of esters is 1. The summed E-state index contributed by atoms with van der Waals surface area (Å²) in [7, 11) is 1.53. The third kappa shape index (κ3) is 5.02. The van der Waals surface area contributed by atoms with Gasteiger partial charge in [0.25, 0.3) is 5.56 Å². The first-order chi connectivity index (χ1) is 17.1. The zero-order valence-corrected chi connectivity index (χ0v) is 19.4. The number of piperazine rings is 1. The van der Waals surface area contributed by atoms with Crippen LogP contribution in [-0.4, -0.2) is 54.1 Å². The Labute approximate surface area is 202 Å². The fraction of sp³-hybridized carbons (Fsp3) is 0.222. The van der Waals surface area contributed by atoms with Crippen LogP contribution in [0.5, 0.6) is 11.5 Å². The molecule has 1 aliphatic heterocycles. The van der Waals surface area contributed by atoms with Gasteiger partial charge in [-0.3, -0.25) is 9.69 Å². The van der Waals surface area contributed by atoms with E-state index in [1.54, 1.807) is 30.3 Å². The molecule has 8 nitrogen and oxygen atoms in total. The third-order valence-corrected chi connectivity index (χ3v) is 6.13. The van der Waals surface area contributed by atoms with Crippen molar-refractivity contribution in [2.45, 2.75) is 6.54 Å². The Morgan fingerprint density at radius 3 is 2.57 bits per heavy atom. The van der Waals surface area contributed by atoms with E-state index in [9.17, 15) is 9.59 Å². The monoisotopic (exact) mass is 470 g/mol. The number of fused-ring (bicyclic) bond motifs is 1. The Morgan fingerprint density at radius 2 is 1.74 bits per heavy atom. The molecule has 2 heterocycles. The van der Waals surface area contributed by atoms with Crippen LogP contribution in [0.3, 0.4) is 0 Å². The van der Waals surface area contributed by atoms with E-state index in [4.69, 9.17) is 9.47 Å². The number of H-pyrrole nitrogens is 1. The van der Waals surface area contributed by atoms with Gasteiger partial charge in [-0.1, -0.05) is 30.3 Å². The van der Waals surface area contributed by atoms with Gasteiger partial charge >= 0.3 is 5.97 Å². The van der Waals surface area contributed by atoms with Crippen molar-refractivity contribution in [1.82, 2.24) is 14.9 Å². The topological polar surface area (TPSA) is 87.8 Å². The molecule has 1 aliphatic rings. The van der Waals surface area contributed by atoms with Crippen molar-refractivity contribution in [3.8, 4) is 11.5 Å². The second-order valence-corrected chi connectivity index (χ2v) is 8.38. The van der Waals surface area contributed by atoms with E-state index in [2.05, 4.69) is 19.8 Å². The number of carbonyl (C=O) groups is 1. The van der Waals surface area contributed by atoms with Crippen LogP contribution in [0.15, 0.2) is 77.6 Å². The highest BCUT2D eigenvalue weighted by Gasteiger charge is 2.20. The number of methoxy groups -OCH3 is 1. The molecule has 0 unspecified atom stereocenters. The molecule has 0 radical (unpaired) electrons. The molecule has 1 fully saturated rings. The number of benzene rings is 3. The van der Waals surface area contributed by atoms with E-state index in [1.165, 1.54) is 7.11 Å². The SMILES string of the molecule is COc1ccccc1C(=O)Oc1cccc(N2CCN(Cc3nc4ccccc4c(=O)[nH]3)CC2)c1. The maximum Gasteiger partial charge on any atom is 0.347 e. The van der Waals surface area contributed by atoms with Crippen molar-refractivity contribution in [1.29, 1.82) is 0 Å². The van der Waals surface area contributed by atoms with Gasteiger partial charge in [0, 0.05) is 37.9 Å². The average Bonchev–Trinajstić information content (AvgIpc) is 2.89. The van der Waals surface area contributed by atoms with Crippen molar-refractivity contribution >= 4 is 22.6 Å². The molecule has 0 aliphatic carbocycles. The summed E-state index contributed by atoms with van der Waals surface area (Å²) in [4.78, 5) is 37.1. The van der Waals surface area contributed by atoms with Crippen LogP contribution in [0, 0.1) is 0 Å². The van der Waals surface area contributed by atoms with Crippen molar-refractivity contribution in [2.24, 2.45) is 0 Å². The van der Waals surface area contributed by atoms with Crippen LogP contribution in [0.2, 0.25) is 0 Å². The standard InChI is InChI=1S/C27H26N4O4/c1-34-24-12-5-3-10-22(24)27(33)35-20-8-6-7-19(17-20)31-15-13-30(14-16-31)18-25-28-23-11-4-2-9-21(23)26(32)29-25/h2-12,17H,13-16,18H2,1H3,(H,28,29,32). The number of nitrogens with one attached hydrogen (secondary N) is 1. The molecular weight excluding hydrogens is 444 g/mol. The summed E-state index contributed by atoms with van der Waals surface area (Å²) < 4.78 is 10.9. The molecular formula is C27H26N4O4. The summed E-state index contributed by atoms with van der Waals surface area (Å²) in [6, 6.07) is 21.9. The lowest BCUT2D eigenvalue weighted by molar-refractivity contribution is 0.0731. The molecule has 3 aromatic carbocycles. The second-order valence-electron chi connectivity index (χ2n) is 8.38. The highest BCUT2D eigenvalue weighted by molar-refractivity contribution is 5.94. The molecule has 178 valence electrons. The van der Waals surface area contributed by atoms with Crippen LogP contribution in [0.1, 0.15) is 16.2 Å². The average molecular weight is 471 g/mol. The highest BCUT2D eigenvalue weighted by Crippen LogP contribution is 2.25. The normalized spacial score (nSPS) is 14.1. The molecule has 1 saturated heterocycles. The lowest BCUT2D eigenvalue weighted by Crippen LogP contribution is -2.46. The number of hydrogen-bond donors (Lipinski definition) is 1. The summed E-state index contributed by atoms with van der Waals surface area (Å²) in [5, 5.41) is 0.604. The van der Waals surface area contributed by atoms with E-state index in [0.717, 1.165) is 31.9 Å². The molecule has 1 aromatic heterocycles. The maximum absolute atomic E-state index is 12.7. The first-order valence-electron chi connectivity index (χ1n) is 11.5. The molecule has 0 amide bonds. The minimum Gasteiger partial charge on any atom is -0.496 e. The van der Waals surface area contributed by atoms with E-state index in [0.29, 0.717) is 40.3 Å². The Bertz CT molecular complexity index is 1410. The van der Waals surface area contributed by atoms with Gasteiger partial charge in [-0.15, -0.1) is 0 Å². The van der Waals surface area contributed by atoms with Gasteiger partial charge in [0.15, 0.2) is 0 Å². The number of ether oxygens (including phenoxy) is 2. The lowest BCUT2D eigenvalue weighted by atomic mass is 10.2. The molecule has 35 heavy (non-hydrogen) atoms. The zero-order chi connectivity index (χ0) is 24.2. The molecule has 1 N–H and O–H groups in total. The lowest BCUT2D eigenvalue weighted by Gasteiger charge is -2.35. The summed E-state index contributed by atoms with van der Waals surface area (Å²) >= 11 is 0. The first kappa shape index (κ1) is 22.6. The van der Waals surface area contributed by atoms with Crippen LogP contribution in [0.25, 0.3) is 10.9 Å². The minimum absolute atomic E-state index is 0.108. The fourth-order valence-corrected chi connectivity index (χ4v) is 4.30. The Kier molecular flexibility index (Phi) is 6.45. The van der Waals surface area contributed by atoms with Crippen LogP contribution in [0.4, 0.5) is 5.69 Å². The predicted octanol–water partition coefficient (Wildman–Crippen LogP) is 3.47. The number of nitrogens with zero attached hydrogens (tertiary/aromatic N) is 3. The number of aromatic amines is 1. The van der Waals surface area contributed by atoms with Gasteiger partial charge in [-0.2, -0.15) is 0 Å². The van der Waals surface area contributed by atoms with E-state index < -0.39 is 5.97 Å². The minimum atomic E-state index is -0.457.